The summed E-state index contributed by atoms with van der Waals surface area (Å²) in [5.41, 5.74) is 0.668. The van der Waals surface area contributed by atoms with Crippen molar-refractivity contribution >= 4 is 11.8 Å². The summed E-state index contributed by atoms with van der Waals surface area (Å²) in [5.74, 6) is 0.894. The van der Waals surface area contributed by atoms with Gasteiger partial charge >= 0.3 is 0 Å². The number of carbonyl (C=O) groups is 2. The normalized spacial score (nSPS) is 23.1. The van der Waals surface area contributed by atoms with Gasteiger partial charge in [0.1, 0.15) is 5.75 Å². The van der Waals surface area contributed by atoms with Gasteiger partial charge < -0.3 is 19.4 Å². The summed E-state index contributed by atoms with van der Waals surface area (Å²) in [7, 11) is 0. The number of benzene rings is 1. The third kappa shape index (κ3) is 5.72. The minimum Gasteiger partial charge on any atom is -0.494 e. The molecule has 6 heteroatoms. The second-order valence-electron chi connectivity index (χ2n) is 8.46. The first kappa shape index (κ1) is 21.6. The van der Waals surface area contributed by atoms with Crippen molar-refractivity contribution in [2.24, 2.45) is 0 Å². The van der Waals surface area contributed by atoms with Crippen LogP contribution >= 0.6 is 0 Å². The van der Waals surface area contributed by atoms with Gasteiger partial charge in [-0.05, 0) is 70.5 Å². The van der Waals surface area contributed by atoms with Crippen LogP contribution in [0, 0.1) is 0 Å². The predicted molar refractivity (Wildman–Crippen MR) is 114 cm³/mol. The lowest BCUT2D eigenvalue weighted by Crippen LogP contribution is -2.59. The third-order valence-corrected chi connectivity index (χ3v) is 6.01. The quantitative estimate of drug-likeness (QED) is 0.688. The standard InChI is InChI=1S/C23H35N3O3/c1-18-16-25(17-19(2)26(18)20(3)27)23(28)21-8-10-22(11-9-21)29-15-7-14-24-12-5-4-6-13-24/h8-11,18-19H,4-7,12-17H2,1-3H3/t18-,19+. The van der Waals surface area contributed by atoms with Crippen LogP contribution in [0.3, 0.4) is 0 Å². The van der Waals surface area contributed by atoms with E-state index in [0.717, 1.165) is 18.7 Å². The van der Waals surface area contributed by atoms with Crippen LogP contribution in [0.2, 0.25) is 0 Å². The van der Waals surface area contributed by atoms with Crippen molar-refractivity contribution in [2.45, 2.75) is 58.5 Å². The SMILES string of the molecule is CC(=O)N1[C@H](C)CN(C(=O)c2ccc(OCCCN3CCCCC3)cc2)C[C@@H]1C. The molecule has 2 heterocycles. The van der Waals surface area contributed by atoms with Crippen LogP contribution < -0.4 is 4.74 Å². The summed E-state index contributed by atoms with van der Waals surface area (Å²) in [5, 5.41) is 0. The molecule has 6 nitrogen and oxygen atoms in total. The molecule has 0 spiro atoms. The summed E-state index contributed by atoms with van der Waals surface area (Å²) in [4.78, 5) is 30.9. The number of carbonyl (C=O) groups excluding carboxylic acids is 2. The summed E-state index contributed by atoms with van der Waals surface area (Å²) in [6, 6.07) is 7.51. The number of hydrogen-bond acceptors (Lipinski definition) is 4. The van der Waals surface area contributed by atoms with Gasteiger partial charge in [0.2, 0.25) is 5.91 Å². The van der Waals surface area contributed by atoms with Gasteiger partial charge in [-0.2, -0.15) is 0 Å². The van der Waals surface area contributed by atoms with E-state index in [9.17, 15) is 9.59 Å². The average Bonchev–Trinajstić information content (AvgIpc) is 2.71. The molecule has 0 aliphatic carbocycles. The van der Waals surface area contributed by atoms with Gasteiger partial charge in [-0.1, -0.05) is 6.42 Å². The van der Waals surface area contributed by atoms with E-state index in [1.165, 1.54) is 32.4 Å². The van der Waals surface area contributed by atoms with Gasteiger partial charge in [0.05, 0.1) is 6.61 Å². The molecule has 29 heavy (non-hydrogen) atoms. The molecule has 160 valence electrons. The molecule has 0 saturated carbocycles. The van der Waals surface area contributed by atoms with E-state index in [-0.39, 0.29) is 23.9 Å². The Morgan fingerprint density at radius 2 is 1.62 bits per heavy atom. The number of rotatable bonds is 6. The molecule has 2 saturated heterocycles. The molecule has 0 aromatic heterocycles. The topological polar surface area (TPSA) is 53.1 Å². The smallest absolute Gasteiger partial charge is 0.253 e. The Morgan fingerprint density at radius 1 is 1.00 bits per heavy atom. The van der Waals surface area contributed by atoms with E-state index in [1.54, 1.807) is 6.92 Å². The van der Waals surface area contributed by atoms with Crippen LogP contribution in [-0.2, 0) is 4.79 Å². The fraction of sp³-hybridized carbons (Fsp3) is 0.652. The second-order valence-corrected chi connectivity index (χ2v) is 8.46. The van der Waals surface area contributed by atoms with E-state index in [2.05, 4.69) is 4.90 Å². The van der Waals surface area contributed by atoms with Gasteiger partial charge in [-0.25, -0.2) is 0 Å². The van der Waals surface area contributed by atoms with E-state index in [1.807, 2.05) is 47.9 Å². The highest BCUT2D eigenvalue weighted by Gasteiger charge is 2.33. The zero-order valence-electron chi connectivity index (χ0n) is 18.1. The van der Waals surface area contributed by atoms with Crippen molar-refractivity contribution in [3.05, 3.63) is 29.8 Å². The third-order valence-electron chi connectivity index (χ3n) is 6.01. The highest BCUT2D eigenvalue weighted by atomic mass is 16.5. The fourth-order valence-corrected chi connectivity index (χ4v) is 4.65. The first-order chi connectivity index (χ1) is 14.0. The Balaban J connectivity index is 1.46. The highest BCUT2D eigenvalue weighted by Crippen LogP contribution is 2.20. The maximum Gasteiger partial charge on any atom is 0.253 e. The van der Waals surface area contributed by atoms with Crippen molar-refractivity contribution in [3.63, 3.8) is 0 Å². The minimum atomic E-state index is 0.0172. The molecule has 2 fully saturated rings. The van der Waals surface area contributed by atoms with E-state index in [4.69, 9.17) is 4.74 Å². The van der Waals surface area contributed by atoms with Crippen LogP contribution in [0.15, 0.2) is 24.3 Å². The molecule has 0 unspecified atom stereocenters. The summed E-state index contributed by atoms with van der Waals surface area (Å²) in [6.07, 6.45) is 5.02. The van der Waals surface area contributed by atoms with E-state index >= 15 is 0 Å². The highest BCUT2D eigenvalue weighted by molar-refractivity contribution is 5.94. The predicted octanol–water partition coefficient (Wildman–Crippen LogP) is 3.02. The number of nitrogens with zero attached hydrogens (tertiary/aromatic N) is 3. The largest absolute Gasteiger partial charge is 0.494 e. The number of amides is 2. The van der Waals surface area contributed by atoms with Gasteiger partial charge in [0.25, 0.3) is 5.91 Å². The lowest BCUT2D eigenvalue weighted by Gasteiger charge is -2.44. The molecule has 2 aliphatic heterocycles. The van der Waals surface area contributed by atoms with Crippen LogP contribution in [0.1, 0.15) is 56.8 Å². The first-order valence-electron chi connectivity index (χ1n) is 11.0. The fourth-order valence-electron chi connectivity index (χ4n) is 4.65. The molecule has 2 atom stereocenters. The molecule has 1 aromatic rings. The number of likely N-dealkylation sites (tertiary alicyclic amines) is 1. The number of piperazine rings is 1. The molecular formula is C23H35N3O3. The summed E-state index contributed by atoms with van der Waals surface area (Å²) >= 11 is 0. The summed E-state index contributed by atoms with van der Waals surface area (Å²) < 4.78 is 5.86. The van der Waals surface area contributed by atoms with Gasteiger partial charge in [-0.3, -0.25) is 9.59 Å². The van der Waals surface area contributed by atoms with E-state index < -0.39 is 0 Å². The van der Waals surface area contributed by atoms with Crippen molar-refractivity contribution in [2.75, 3.05) is 39.3 Å². The summed E-state index contributed by atoms with van der Waals surface area (Å²) in [6.45, 7) is 11.0. The second kappa shape index (κ2) is 10.1. The molecule has 2 aliphatic rings. The number of piperidine rings is 1. The number of hydrogen-bond donors (Lipinski definition) is 0. The Bertz CT molecular complexity index is 673. The molecule has 3 rings (SSSR count). The van der Waals surface area contributed by atoms with Crippen molar-refractivity contribution in [1.29, 1.82) is 0 Å². The van der Waals surface area contributed by atoms with Gasteiger partial charge in [-0.15, -0.1) is 0 Å². The Morgan fingerprint density at radius 3 is 2.21 bits per heavy atom. The van der Waals surface area contributed by atoms with Crippen LogP contribution in [0.4, 0.5) is 0 Å². The van der Waals surface area contributed by atoms with Gasteiger partial charge in [0.15, 0.2) is 0 Å². The Labute approximate surface area is 174 Å². The Kier molecular flexibility index (Phi) is 7.53. The van der Waals surface area contributed by atoms with Crippen LogP contribution in [-0.4, -0.2) is 77.9 Å². The molecule has 0 bridgehead atoms. The zero-order valence-corrected chi connectivity index (χ0v) is 18.1. The zero-order chi connectivity index (χ0) is 20.8. The minimum absolute atomic E-state index is 0.0172. The van der Waals surface area contributed by atoms with Crippen molar-refractivity contribution < 1.29 is 14.3 Å². The number of ether oxygens (including phenoxy) is 1. The van der Waals surface area contributed by atoms with E-state index in [0.29, 0.717) is 25.3 Å². The van der Waals surface area contributed by atoms with Crippen molar-refractivity contribution in [3.8, 4) is 5.75 Å². The molecule has 0 N–H and O–H groups in total. The Hall–Kier alpha value is -2.08. The molecule has 1 aromatic carbocycles. The average molecular weight is 402 g/mol. The molecular weight excluding hydrogens is 366 g/mol. The van der Waals surface area contributed by atoms with Crippen molar-refractivity contribution in [1.82, 2.24) is 14.7 Å². The monoisotopic (exact) mass is 401 g/mol. The first-order valence-corrected chi connectivity index (χ1v) is 11.0. The lowest BCUT2D eigenvalue weighted by atomic mass is 10.1. The molecule has 2 amide bonds. The van der Waals surface area contributed by atoms with Crippen LogP contribution in [0.5, 0.6) is 5.75 Å². The molecule has 0 radical (unpaired) electrons. The lowest BCUT2D eigenvalue weighted by molar-refractivity contribution is -0.135. The van der Waals surface area contributed by atoms with Gasteiger partial charge in [0, 0.05) is 44.2 Å². The maximum atomic E-state index is 12.9. The van der Waals surface area contributed by atoms with Crippen LogP contribution in [0.25, 0.3) is 0 Å². The maximum absolute atomic E-state index is 12.9.